The molecule has 1 aliphatic rings. The number of carbonyl (C=O) groups excluding carboxylic acids is 1. The Morgan fingerprint density at radius 3 is 2.67 bits per heavy atom. The first-order chi connectivity index (χ1) is 9.73. The van der Waals surface area contributed by atoms with Crippen molar-refractivity contribution in [3.05, 3.63) is 23.3 Å². The van der Waals surface area contributed by atoms with Crippen LogP contribution in [0, 0.1) is 13.8 Å². The molecule has 1 amide bonds. The lowest BCUT2D eigenvalue weighted by Gasteiger charge is -2.20. The third-order valence-electron chi connectivity index (χ3n) is 3.80. The predicted octanol–water partition coefficient (Wildman–Crippen LogP) is 0.785. The molecule has 6 nitrogen and oxygen atoms in total. The average Bonchev–Trinajstić information content (AvgIpc) is 2.82. The number of rotatable bonds is 3. The Bertz CT molecular complexity index is 670. The van der Waals surface area contributed by atoms with E-state index in [1.165, 1.54) is 11.2 Å². The number of carbonyl (C=O) groups is 1. The molecular weight excluding hydrogens is 290 g/mol. The Kier molecular flexibility index (Phi) is 4.25. The van der Waals surface area contributed by atoms with Crippen molar-refractivity contribution in [2.45, 2.75) is 38.1 Å². The first kappa shape index (κ1) is 15.8. The lowest BCUT2D eigenvalue weighted by atomic mass is 10.1. The molecule has 3 N–H and O–H groups in total. The van der Waals surface area contributed by atoms with Gasteiger partial charge in [0.1, 0.15) is 0 Å². The first-order valence-corrected chi connectivity index (χ1v) is 8.30. The van der Waals surface area contributed by atoms with E-state index in [1.54, 1.807) is 26.0 Å². The van der Waals surface area contributed by atoms with E-state index in [1.807, 2.05) is 0 Å². The van der Waals surface area contributed by atoms with Crippen LogP contribution in [0.1, 0.15) is 24.5 Å². The topological polar surface area (TPSA) is 92.5 Å². The average molecular weight is 311 g/mol. The van der Waals surface area contributed by atoms with Crippen LogP contribution in [0.3, 0.4) is 0 Å². The molecular formula is C14H21N3O3S. The number of nitrogens with one attached hydrogen (secondary N) is 1. The van der Waals surface area contributed by atoms with Gasteiger partial charge in [-0.2, -0.15) is 4.31 Å². The van der Waals surface area contributed by atoms with Crippen LogP contribution in [0.4, 0.5) is 5.69 Å². The van der Waals surface area contributed by atoms with E-state index in [-0.39, 0.29) is 16.8 Å². The largest absolute Gasteiger partial charge is 0.398 e. The smallest absolute Gasteiger partial charge is 0.243 e. The van der Waals surface area contributed by atoms with Crippen LogP contribution in [-0.4, -0.2) is 37.8 Å². The van der Waals surface area contributed by atoms with Crippen LogP contribution in [0.2, 0.25) is 0 Å². The van der Waals surface area contributed by atoms with E-state index in [9.17, 15) is 13.2 Å². The lowest BCUT2D eigenvalue weighted by Crippen LogP contribution is -2.37. The Hall–Kier alpha value is -1.60. The zero-order valence-corrected chi connectivity index (χ0v) is 13.3. The van der Waals surface area contributed by atoms with Crippen LogP contribution in [0.5, 0.6) is 0 Å². The fourth-order valence-corrected chi connectivity index (χ4v) is 4.68. The SMILES string of the molecule is CC(=O)NC1CCN(S(=O)(=O)c2c(C)ccc(N)c2C)C1. The summed E-state index contributed by atoms with van der Waals surface area (Å²) in [6, 6.07) is 3.31. The van der Waals surface area contributed by atoms with Crippen LogP contribution in [-0.2, 0) is 14.8 Å². The molecule has 0 saturated carbocycles. The number of sulfonamides is 1. The number of nitrogens with zero attached hydrogens (tertiary/aromatic N) is 1. The third-order valence-corrected chi connectivity index (χ3v) is 5.96. The summed E-state index contributed by atoms with van der Waals surface area (Å²) in [5.74, 6) is -0.143. The van der Waals surface area contributed by atoms with Crippen molar-refractivity contribution in [2.75, 3.05) is 18.8 Å². The number of nitrogen functional groups attached to an aromatic ring is 1. The molecule has 1 aromatic carbocycles. The Morgan fingerprint density at radius 1 is 1.38 bits per heavy atom. The number of benzene rings is 1. The van der Waals surface area contributed by atoms with Gasteiger partial charge in [0.15, 0.2) is 0 Å². The molecule has 1 unspecified atom stereocenters. The van der Waals surface area contributed by atoms with Gasteiger partial charge >= 0.3 is 0 Å². The quantitative estimate of drug-likeness (QED) is 0.807. The zero-order chi connectivity index (χ0) is 15.8. The van der Waals surface area contributed by atoms with E-state index in [0.717, 1.165) is 0 Å². The number of amides is 1. The maximum atomic E-state index is 12.8. The first-order valence-electron chi connectivity index (χ1n) is 6.86. The second kappa shape index (κ2) is 5.65. The van der Waals surface area contributed by atoms with E-state index in [4.69, 9.17) is 5.73 Å². The van der Waals surface area contributed by atoms with Gasteiger partial charge < -0.3 is 11.1 Å². The van der Waals surface area contributed by atoms with Crippen LogP contribution < -0.4 is 11.1 Å². The van der Waals surface area contributed by atoms with Gasteiger partial charge in [-0.05, 0) is 37.5 Å². The molecule has 2 rings (SSSR count). The maximum Gasteiger partial charge on any atom is 0.243 e. The second-order valence-electron chi connectivity index (χ2n) is 5.47. The van der Waals surface area contributed by atoms with Gasteiger partial charge in [0.2, 0.25) is 15.9 Å². The molecule has 1 saturated heterocycles. The lowest BCUT2D eigenvalue weighted by molar-refractivity contribution is -0.119. The van der Waals surface area contributed by atoms with E-state index >= 15 is 0 Å². The summed E-state index contributed by atoms with van der Waals surface area (Å²) in [4.78, 5) is 11.4. The Balaban J connectivity index is 2.32. The highest BCUT2D eigenvalue weighted by Crippen LogP contribution is 2.29. The molecule has 1 aromatic rings. The molecule has 1 fully saturated rings. The molecule has 7 heteroatoms. The van der Waals surface area contributed by atoms with Gasteiger partial charge in [-0.1, -0.05) is 6.07 Å². The minimum Gasteiger partial charge on any atom is -0.398 e. The highest BCUT2D eigenvalue weighted by molar-refractivity contribution is 7.89. The maximum absolute atomic E-state index is 12.8. The number of nitrogens with two attached hydrogens (primary N) is 1. The summed E-state index contributed by atoms with van der Waals surface area (Å²) >= 11 is 0. The van der Waals surface area contributed by atoms with Crippen molar-refractivity contribution in [3.63, 3.8) is 0 Å². The second-order valence-corrected chi connectivity index (χ2v) is 7.35. The summed E-state index contributed by atoms with van der Waals surface area (Å²) in [5, 5.41) is 2.77. The van der Waals surface area contributed by atoms with Crippen molar-refractivity contribution in [3.8, 4) is 0 Å². The molecule has 0 bridgehead atoms. The Labute approximate surface area is 125 Å². The highest BCUT2D eigenvalue weighted by atomic mass is 32.2. The molecule has 0 aliphatic carbocycles. The molecule has 21 heavy (non-hydrogen) atoms. The highest BCUT2D eigenvalue weighted by Gasteiger charge is 2.34. The van der Waals surface area contributed by atoms with Crippen molar-refractivity contribution in [1.29, 1.82) is 0 Å². The van der Waals surface area contributed by atoms with E-state index in [0.29, 0.717) is 36.3 Å². The van der Waals surface area contributed by atoms with Crippen molar-refractivity contribution < 1.29 is 13.2 Å². The van der Waals surface area contributed by atoms with Gasteiger partial charge in [0.05, 0.1) is 4.90 Å². The number of hydrogen-bond donors (Lipinski definition) is 2. The standard InChI is InChI=1S/C14H21N3O3S/c1-9-4-5-13(15)10(2)14(9)21(19,20)17-7-6-12(8-17)16-11(3)18/h4-5,12H,6-8,15H2,1-3H3,(H,16,18). The van der Waals surface area contributed by atoms with Crippen LogP contribution in [0.15, 0.2) is 17.0 Å². The molecule has 0 aromatic heterocycles. The third kappa shape index (κ3) is 3.03. The van der Waals surface area contributed by atoms with Crippen molar-refractivity contribution in [1.82, 2.24) is 9.62 Å². The van der Waals surface area contributed by atoms with Gasteiger partial charge in [0, 0.05) is 31.7 Å². The Morgan fingerprint density at radius 2 is 2.05 bits per heavy atom. The summed E-state index contributed by atoms with van der Waals surface area (Å²) in [5.41, 5.74) is 7.57. The molecule has 1 atom stereocenters. The summed E-state index contributed by atoms with van der Waals surface area (Å²) in [6.07, 6.45) is 0.624. The fraction of sp³-hybridized carbons (Fsp3) is 0.500. The van der Waals surface area contributed by atoms with Gasteiger partial charge in [-0.15, -0.1) is 0 Å². The summed E-state index contributed by atoms with van der Waals surface area (Å²) in [7, 11) is -3.59. The molecule has 1 heterocycles. The van der Waals surface area contributed by atoms with Gasteiger partial charge in [0.25, 0.3) is 0 Å². The van der Waals surface area contributed by atoms with E-state index < -0.39 is 10.0 Å². The molecule has 0 radical (unpaired) electrons. The van der Waals surface area contributed by atoms with Crippen molar-refractivity contribution >= 4 is 21.6 Å². The normalized spacial score (nSPS) is 19.7. The fourth-order valence-electron chi connectivity index (χ4n) is 2.72. The molecule has 116 valence electrons. The minimum atomic E-state index is -3.59. The molecule has 0 spiro atoms. The number of aryl methyl sites for hydroxylation is 1. The monoisotopic (exact) mass is 311 g/mol. The minimum absolute atomic E-state index is 0.126. The number of anilines is 1. The number of hydrogen-bond acceptors (Lipinski definition) is 4. The summed E-state index contributed by atoms with van der Waals surface area (Å²) < 4.78 is 27.1. The van der Waals surface area contributed by atoms with Crippen LogP contribution >= 0.6 is 0 Å². The zero-order valence-electron chi connectivity index (χ0n) is 12.5. The van der Waals surface area contributed by atoms with Gasteiger partial charge in [-0.3, -0.25) is 4.79 Å². The van der Waals surface area contributed by atoms with E-state index in [2.05, 4.69) is 5.32 Å². The predicted molar refractivity (Wildman–Crippen MR) is 81.3 cm³/mol. The van der Waals surface area contributed by atoms with Crippen molar-refractivity contribution in [2.24, 2.45) is 0 Å². The summed E-state index contributed by atoms with van der Waals surface area (Å²) in [6.45, 7) is 5.62. The van der Waals surface area contributed by atoms with Crippen LogP contribution in [0.25, 0.3) is 0 Å². The van der Waals surface area contributed by atoms with Gasteiger partial charge in [-0.25, -0.2) is 8.42 Å². The molecule has 1 aliphatic heterocycles.